The monoisotopic (exact) mass is 178 g/mol. The van der Waals surface area contributed by atoms with Gasteiger partial charge in [-0.2, -0.15) is 0 Å². The van der Waals surface area contributed by atoms with Crippen LogP contribution < -0.4 is 0 Å². The summed E-state index contributed by atoms with van der Waals surface area (Å²) in [5.74, 6) is 1.90. The van der Waals surface area contributed by atoms with Gasteiger partial charge in [0, 0.05) is 12.3 Å². The molecule has 13 heavy (non-hydrogen) atoms. The second-order valence-electron chi connectivity index (χ2n) is 5.75. The zero-order valence-corrected chi connectivity index (χ0v) is 8.60. The first-order valence-electron chi connectivity index (χ1n) is 5.63. The van der Waals surface area contributed by atoms with E-state index in [1.165, 1.54) is 25.7 Å². The fraction of sp³-hybridized carbons (Fsp3) is 0.917. The second kappa shape index (κ2) is 2.02. The number of carbonyl (C=O) groups excluding carboxylic acids is 1. The Morgan fingerprint density at radius 1 is 1.38 bits per heavy atom. The van der Waals surface area contributed by atoms with Gasteiger partial charge in [0.05, 0.1) is 0 Å². The van der Waals surface area contributed by atoms with Crippen LogP contribution >= 0.6 is 0 Å². The largest absolute Gasteiger partial charge is 0.299 e. The van der Waals surface area contributed by atoms with Crippen LogP contribution in [0.1, 0.15) is 46.0 Å². The van der Waals surface area contributed by atoms with E-state index in [2.05, 4.69) is 13.8 Å². The minimum absolute atomic E-state index is 0.466. The zero-order valence-electron chi connectivity index (χ0n) is 8.60. The zero-order chi connectivity index (χ0) is 9.27. The highest BCUT2D eigenvalue weighted by atomic mass is 16.1. The van der Waals surface area contributed by atoms with E-state index < -0.39 is 0 Å². The van der Waals surface area contributed by atoms with Gasteiger partial charge in [-0.25, -0.2) is 0 Å². The van der Waals surface area contributed by atoms with Crippen LogP contribution in [0.5, 0.6) is 0 Å². The molecule has 4 atom stereocenters. The van der Waals surface area contributed by atoms with Crippen molar-refractivity contribution in [2.24, 2.45) is 22.7 Å². The number of ketones is 1. The lowest BCUT2D eigenvalue weighted by Gasteiger charge is -2.34. The third-order valence-corrected chi connectivity index (χ3v) is 5.54. The van der Waals surface area contributed by atoms with Crippen molar-refractivity contribution >= 4 is 5.78 Å². The van der Waals surface area contributed by atoms with Gasteiger partial charge >= 0.3 is 0 Å². The fourth-order valence-corrected chi connectivity index (χ4v) is 4.35. The Balaban J connectivity index is 2.00. The molecule has 2 unspecified atom stereocenters. The maximum Gasteiger partial charge on any atom is 0.136 e. The minimum Gasteiger partial charge on any atom is -0.299 e. The van der Waals surface area contributed by atoms with Crippen molar-refractivity contribution in [1.29, 1.82) is 0 Å². The van der Waals surface area contributed by atoms with Gasteiger partial charge < -0.3 is 0 Å². The summed E-state index contributed by atoms with van der Waals surface area (Å²) >= 11 is 0. The van der Waals surface area contributed by atoms with Gasteiger partial charge in [-0.15, -0.1) is 0 Å². The molecular weight excluding hydrogens is 160 g/mol. The van der Waals surface area contributed by atoms with E-state index in [1.54, 1.807) is 0 Å². The van der Waals surface area contributed by atoms with Gasteiger partial charge in [-0.05, 0) is 42.4 Å². The standard InChI is InChI=1S/C12H18O/c1-8-3-4-9-10(13)5-6-12(9)7-11(8,12)2/h8-9H,3-7H2,1-2H3/t8?,9?,11-,12+/m0/s1. The van der Waals surface area contributed by atoms with Crippen LogP contribution in [-0.2, 0) is 4.79 Å². The molecule has 1 spiro atoms. The topological polar surface area (TPSA) is 17.1 Å². The molecule has 0 aromatic rings. The summed E-state index contributed by atoms with van der Waals surface area (Å²) in [5.41, 5.74) is 1.03. The molecule has 1 nitrogen and oxygen atoms in total. The molecule has 0 aliphatic heterocycles. The van der Waals surface area contributed by atoms with E-state index in [0.717, 1.165) is 12.3 Å². The number of hydrogen-bond donors (Lipinski definition) is 0. The molecule has 1 heteroatoms. The molecule has 72 valence electrons. The molecule has 0 saturated heterocycles. The molecule has 3 aliphatic rings. The summed E-state index contributed by atoms with van der Waals surface area (Å²) in [5, 5.41) is 0. The van der Waals surface area contributed by atoms with Crippen molar-refractivity contribution in [1.82, 2.24) is 0 Å². The second-order valence-corrected chi connectivity index (χ2v) is 5.75. The summed E-state index contributed by atoms with van der Waals surface area (Å²) < 4.78 is 0. The summed E-state index contributed by atoms with van der Waals surface area (Å²) in [4.78, 5) is 11.7. The van der Waals surface area contributed by atoms with E-state index in [0.29, 0.717) is 22.5 Å². The molecule has 0 amide bonds. The number of rotatable bonds is 0. The quantitative estimate of drug-likeness (QED) is 0.557. The van der Waals surface area contributed by atoms with E-state index in [4.69, 9.17) is 0 Å². The van der Waals surface area contributed by atoms with Crippen LogP contribution in [0.3, 0.4) is 0 Å². The van der Waals surface area contributed by atoms with Crippen molar-refractivity contribution in [3.63, 3.8) is 0 Å². The fourth-order valence-electron chi connectivity index (χ4n) is 4.35. The van der Waals surface area contributed by atoms with Crippen LogP contribution in [0.25, 0.3) is 0 Å². The Bertz CT molecular complexity index is 283. The Morgan fingerprint density at radius 2 is 2.15 bits per heavy atom. The summed E-state index contributed by atoms with van der Waals surface area (Å²) in [6.45, 7) is 4.80. The minimum atomic E-state index is 0.466. The van der Waals surface area contributed by atoms with Crippen LogP contribution in [0, 0.1) is 22.7 Å². The summed E-state index contributed by atoms with van der Waals surface area (Å²) in [6.07, 6.45) is 5.91. The van der Waals surface area contributed by atoms with Gasteiger partial charge in [0.15, 0.2) is 0 Å². The first kappa shape index (κ1) is 8.02. The Labute approximate surface area is 79.9 Å². The molecule has 0 N–H and O–H groups in total. The molecular formula is C12H18O. The average Bonchev–Trinajstić information content (AvgIpc) is 2.60. The third-order valence-electron chi connectivity index (χ3n) is 5.54. The average molecular weight is 178 g/mol. The van der Waals surface area contributed by atoms with E-state index in [9.17, 15) is 4.79 Å². The van der Waals surface area contributed by atoms with Crippen molar-refractivity contribution < 1.29 is 4.79 Å². The number of hydrogen-bond acceptors (Lipinski definition) is 1. The number of carbonyl (C=O) groups is 1. The van der Waals surface area contributed by atoms with E-state index >= 15 is 0 Å². The Kier molecular flexibility index (Phi) is 1.24. The van der Waals surface area contributed by atoms with E-state index in [1.807, 2.05) is 0 Å². The van der Waals surface area contributed by atoms with Crippen molar-refractivity contribution in [2.75, 3.05) is 0 Å². The SMILES string of the molecule is CC1CCC2C(=O)CC[C@@]23C[C@@]13C. The smallest absolute Gasteiger partial charge is 0.136 e. The molecule has 3 saturated carbocycles. The van der Waals surface area contributed by atoms with Gasteiger partial charge in [-0.3, -0.25) is 4.79 Å². The van der Waals surface area contributed by atoms with Gasteiger partial charge in [0.25, 0.3) is 0 Å². The van der Waals surface area contributed by atoms with Gasteiger partial charge in [0.1, 0.15) is 5.78 Å². The van der Waals surface area contributed by atoms with E-state index in [-0.39, 0.29) is 0 Å². The molecule has 0 aromatic carbocycles. The van der Waals surface area contributed by atoms with Crippen LogP contribution in [0.15, 0.2) is 0 Å². The molecule has 3 aliphatic carbocycles. The van der Waals surface area contributed by atoms with Gasteiger partial charge in [-0.1, -0.05) is 13.8 Å². The van der Waals surface area contributed by atoms with Crippen molar-refractivity contribution in [3.05, 3.63) is 0 Å². The first-order valence-corrected chi connectivity index (χ1v) is 5.63. The highest BCUT2D eigenvalue weighted by Gasteiger charge is 2.73. The van der Waals surface area contributed by atoms with Crippen molar-refractivity contribution in [3.8, 4) is 0 Å². The Morgan fingerprint density at radius 3 is 2.92 bits per heavy atom. The molecule has 0 radical (unpaired) electrons. The highest BCUT2D eigenvalue weighted by Crippen LogP contribution is 2.79. The molecule has 0 heterocycles. The Hall–Kier alpha value is -0.330. The predicted octanol–water partition coefficient (Wildman–Crippen LogP) is 2.79. The lowest BCUT2D eigenvalue weighted by atomic mass is 9.69. The lowest BCUT2D eigenvalue weighted by Crippen LogP contribution is -2.30. The third kappa shape index (κ3) is 0.693. The number of Topliss-reactive ketones (excluding diaryl/α,β-unsaturated/α-hetero) is 1. The summed E-state index contributed by atoms with van der Waals surface area (Å²) in [6, 6.07) is 0. The van der Waals surface area contributed by atoms with Crippen LogP contribution in [0.2, 0.25) is 0 Å². The van der Waals surface area contributed by atoms with Crippen molar-refractivity contribution in [2.45, 2.75) is 46.0 Å². The van der Waals surface area contributed by atoms with Gasteiger partial charge in [0.2, 0.25) is 0 Å². The normalized spacial score (nSPS) is 58.8. The summed E-state index contributed by atoms with van der Waals surface area (Å²) in [7, 11) is 0. The van der Waals surface area contributed by atoms with Crippen LogP contribution in [0.4, 0.5) is 0 Å². The molecule has 3 fully saturated rings. The maximum atomic E-state index is 11.7. The first-order chi connectivity index (χ1) is 6.10. The predicted molar refractivity (Wildman–Crippen MR) is 51.3 cm³/mol. The molecule has 0 aromatic heterocycles. The lowest BCUT2D eigenvalue weighted by molar-refractivity contribution is -0.122. The molecule has 0 bridgehead atoms. The highest BCUT2D eigenvalue weighted by molar-refractivity contribution is 5.85. The molecule has 3 rings (SSSR count). The van der Waals surface area contributed by atoms with Crippen LogP contribution in [-0.4, -0.2) is 5.78 Å². The maximum absolute atomic E-state index is 11.7.